The molecular weight excluding hydrogens is 478 g/mol. The van der Waals surface area contributed by atoms with Gasteiger partial charge in [-0.05, 0) is 64.6 Å². The smallest absolute Gasteiger partial charge is 0.286 e. The summed E-state index contributed by atoms with van der Waals surface area (Å²) in [5.74, 6) is 0.136. The van der Waals surface area contributed by atoms with Gasteiger partial charge in [0.05, 0.1) is 4.91 Å². The summed E-state index contributed by atoms with van der Waals surface area (Å²) in [4.78, 5) is 22.3. The summed E-state index contributed by atoms with van der Waals surface area (Å²) < 4.78 is 0. The molecule has 1 fully saturated rings. The van der Waals surface area contributed by atoms with E-state index in [1.54, 1.807) is 0 Å². The molecule has 0 bridgehead atoms. The molecule has 0 aliphatic carbocycles. The summed E-state index contributed by atoms with van der Waals surface area (Å²) in [5, 5.41) is 12.5. The van der Waals surface area contributed by atoms with Crippen molar-refractivity contribution in [3.8, 4) is 5.75 Å². The van der Waals surface area contributed by atoms with Gasteiger partial charge in [0.2, 0.25) is 0 Å². The minimum Gasteiger partial charge on any atom is -0.507 e. The van der Waals surface area contributed by atoms with Crippen LogP contribution in [0, 0.1) is 0 Å². The fourth-order valence-corrected chi connectivity index (χ4v) is 5.55. The van der Waals surface area contributed by atoms with Crippen molar-refractivity contribution in [3.63, 3.8) is 0 Å². The lowest BCUT2D eigenvalue weighted by atomic mass is 9.78. The van der Waals surface area contributed by atoms with E-state index in [2.05, 4.69) is 62.4 Å². The highest BCUT2D eigenvalue weighted by Crippen LogP contribution is 2.41. The first-order valence-corrected chi connectivity index (χ1v) is 13.2. The van der Waals surface area contributed by atoms with Crippen molar-refractivity contribution in [1.82, 2.24) is 4.90 Å². The number of aliphatic imine (C=N–C) groups is 1. The van der Waals surface area contributed by atoms with E-state index < -0.39 is 0 Å². The third-order valence-corrected chi connectivity index (χ3v) is 7.66. The highest BCUT2D eigenvalue weighted by molar-refractivity contribution is 8.18. The van der Waals surface area contributed by atoms with Gasteiger partial charge in [0, 0.05) is 48.0 Å². The Balaban J connectivity index is 1.52. The Hall–Kier alpha value is -2.44. The number of carbonyl (C=O) groups excluding carboxylic acids is 1. The van der Waals surface area contributed by atoms with Crippen molar-refractivity contribution < 1.29 is 9.90 Å². The van der Waals surface area contributed by atoms with E-state index in [9.17, 15) is 9.90 Å². The van der Waals surface area contributed by atoms with E-state index in [1.807, 2.05) is 36.4 Å². The highest BCUT2D eigenvalue weighted by atomic mass is 35.5. The molecule has 2 aromatic carbocycles. The molecule has 2 heterocycles. The number of anilines is 1. The maximum absolute atomic E-state index is 12.8. The predicted octanol–water partition coefficient (Wildman–Crippen LogP) is 6.43. The zero-order chi connectivity index (χ0) is 25.5. The van der Waals surface area contributed by atoms with Crippen LogP contribution >= 0.6 is 23.4 Å². The van der Waals surface area contributed by atoms with Crippen molar-refractivity contribution in [2.24, 2.45) is 4.99 Å². The molecule has 0 radical (unpaired) electrons. The number of amides is 1. The average Bonchev–Trinajstić information content (AvgIpc) is 3.13. The average molecular weight is 512 g/mol. The van der Waals surface area contributed by atoms with Crippen molar-refractivity contribution in [2.75, 3.05) is 31.1 Å². The number of rotatable bonds is 2. The van der Waals surface area contributed by atoms with Crippen LogP contribution in [0.3, 0.4) is 0 Å². The number of benzene rings is 2. The zero-order valence-corrected chi connectivity index (χ0v) is 22.9. The molecule has 0 aromatic heterocycles. The summed E-state index contributed by atoms with van der Waals surface area (Å²) >= 11 is 7.59. The van der Waals surface area contributed by atoms with E-state index in [-0.39, 0.29) is 16.7 Å². The summed E-state index contributed by atoms with van der Waals surface area (Å²) in [6.45, 7) is 15.8. The lowest BCUT2D eigenvalue weighted by Gasteiger charge is -2.36. The number of carbonyl (C=O) groups is 1. The Morgan fingerprint density at radius 2 is 1.51 bits per heavy atom. The molecule has 1 N–H and O–H groups in total. The van der Waals surface area contributed by atoms with E-state index in [0.717, 1.165) is 58.7 Å². The highest BCUT2D eigenvalue weighted by Gasteiger charge is 2.30. The number of phenols is 1. The van der Waals surface area contributed by atoms with Crippen LogP contribution in [0.1, 0.15) is 58.2 Å². The molecule has 35 heavy (non-hydrogen) atoms. The molecule has 5 nitrogen and oxygen atoms in total. The minimum absolute atomic E-state index is 0.204. The van der Waals surface area contributed by atoms with Gasteiger partial charge in [0.15, 0.2) is 5.17 Å². The first kappa shape index (κ1) is 25.6. The molecule has 2 aliphatic heterocycles. The minimum atomic E-state index is -0.226. The number of piperazine rings is 1. The van der Waals surface area contributed by atoms with Crippen molar-refractivity contribution in [2.45, 2.75) is 52.4 Å². The van der Waals surface area contributed by atoms with Gasteiger partial charge in [-0.25, -0.2) is 0 Å². The second-order valence-electron chi connectivity index (χ2n) is 11.2. The van der Waals surface area contributed by atoms with Crippen LogP contribution in [-0.4, -0.2) is 47.3 Å². The Morgan fingerprint density at radius 3 is 2.06 bits per heavy atom. The molecular formula is C28H34ClN3O2S. The standard InChI is InChI=1S/C28H34ClN3O2S/c1-27(2,3)21-14-18(15-22(24(21)33)28(4,5)6)16-23-25(34)30-26(35-23)32-12-10-31(11-13-32)20-9-7-8-19(29)17-20/h7-9,14-17,33H,10-13H2,1-6H3/b23-16-. The van der Waals surface area contributed by atoms with Gasteiger partial charge in [0.25, 0.3) is 5.91 Å². The molecule has 2 aromatic rings. The number of thioether (sulfide) groups is 1. The number of hydrogen-bond donors (Lipinski definition) is 1. The first-order valence-electron chi connectivity index (χ1n) is 12.0. The third-order valence-electron chi connectivity index (χ3n) is 6.38. The molecule has 1 saturated heterocycles. The second-order valence-corrected chi connectivity index (χ2v) is 12.7. The monoisotopic (exact) mass is 511 g/mol. The number of halogens is 1. The van der Waals surface area contributed by atoms with Gasteiger partial charge >= 0.3 is 0 Å². The molecule has 186 valence electrons. The van der Waals surface area contributed by atoms with Crippen LogP contribution in [0.2, 0.25) is 5.02 Å². The van der Waals surface area contributed by atoms with Crippen LogP contribution in [0.5, 0.6) is 5.75 Å². The van der Waals surface area contributed by atoms with Gasteiger partial charge < -0.3 is 14.9 Å². The van der Waals surface area contributed by atoms with Gasteiger partial charge in [-0.2, -0.15) is 4.99 Å². The van der Waals surface area contributed by atoms with Crippen molar-refractivity contribution in [3.05, 3.63) is 63.0 Å². The van der Waals surface area contributed by atoms with Crippen LogP contribution < -0.4 is 4.90 Å². The van der Waals surface area contributed by atoms with Crippen LogP contribution in [0.25, 0.3) is 6.08 Å². The normalized spacial score (nSPS) is 18.4. The fourth-order valence-electron chi connectivity index (χ4n) is 4.40. The predicted molar refractivity (Wildman–Crippen MR) is 149 cm³/mol. The van der Waals surface area contributed by atoms with Crippen molar-refractivity contribution in [1.29, 1.82) is 0 Å². The largest absolute Gasteiger partial charge is 0.507 e. The number of aromatic hydroxyl groups is 1. The van der Waals surface area contributed by atoms with E-state index in [0.29, 0.717) is 10.7 Å². The van der Waals surface area contributed by atoms with Crippen LogP contribution in [0.4, 0.5) is 5.69 Å². The SMILES string of the molecule is CC(C)(C)c1cc(/C=C2\SC(N3CCN(c4cccc(Cl)c4)CC3)=NC2=O)cc(C(C)(C)C)c1O. The lowest BCUT2D eigenvalue weighted by Crippen LogP contribution is -2.47. The Morgan fingerprint density at radius 1 is 0.943 bits per heavy atom. The number of amidine groups is 1. The molecule has 2 aliphatic rings. The van der Waals surface area contributed by atoms with Crippen molar-refractivity contribution >= 4 is 46.2 Å². The van der Waals surface area contributed by atoms with Crippen LogP contribution in [-0.2, 0) is 15.6 Å². The Bertz CT molecular complexity index is 1160. The summed E-state index contributed by atoms with van der Waals surface area (Å²) in [5.41, 5.74) is 3.34. The Kier molecular flexibility index (Phi) is 7.00. The Labute approximate surface area is 217 Å². The molecule has 4 rings (SSSR count). The fraction of sp³-hybridized carbons (Fsp3) is 0.429. The summed E-state index contributed by atoms with van der Waals surface area (Å²) in [6, 6.07) is 11.9. The number of phenolic OH excluding ortho intramolecular Hbond substituents is 1. The molecule has 7 heteroatoms. The maximum atomic E-state index is 12.8. The third kappa shape index (κ3) is 5.70. The maximum Gasteiger partial charge on any atom is 0.286 e. The van der Waals surface area contributed by atoms with Gasteiger partial charge in [0.1, 0.15) is 5.75 Å². The van der Waals surface area contributed by atoms with E-state index >= 15 is 0 Å². The first-order chi connectivity index (χ1) is 16.3. The van der Waals surface area contributed by atoms with Gasteiger partial charge in [-0.3, -0.25) is 4.79 Å². The zero-order valence-electron chi connectivity index (χ0n) is 21.4. The van der Waals surface area contributed by atoms with Crippen LogP contribution in [0.15, 0.2) is 46.3 Å². The lowest BCUT2D eigenvalue weighted by molar-refractivity contribution is -0.113. The van der Waals surface area contributed by atoms with Gasteiger partial charge in [-0.1, -0.05) is 59.2 Å². The number of hydrogen-bond acceptors (Lipinski definition) is 5. The summed E-state index contributed by atoms with van der Waals surface area (Å²) in [6.07, 6.45) is 1.91. The molecule has 0 spiro atoms. The second kappa shape index (κ2) is 9.55. The molecule has 0 unspecified atom stereocenters. The van der Waals surface area contributed by atoms with E-state index in [1.165, 1.54) is 11.8 Å². The summed E-state index contributed by atoms with van der Waals surface area (Å²) in [7, 11) is 0. The molecule has 0 saturated carbocycles. The van der Waals surface area contributed by atoms with Gasteiger partial charge in [-0.15, -0.1) is 0 Å². The molecule has 1 amide bonds. The van der Waals surface area contributed by atoms with E-state index in [4.69, 9.17) is 11.6 Å². The molecule has 0 atom stereocenters. The number of nitrogens with zero attached hydrogens (tertiary/aromatic N) is 3. The quantitative estimate of drug-likeness (QED) is 0.470. The topological polar surface area (TPSA) is 56.1 Å².